The maximum Gasteiger partial charge on any atom is 2.00 e. The fourth-order valence-corrected chi connectivity index (χ4v) is 0. The molecule has 0 amide bonds. The van der Waals surface area contributed by atoms with Crippen molar-refractivity contribution in [2.45, 2.75) is 0 Å². The number of hydrogen-bond donors (Lipinski definition) is 0. The van der Waals surface area contributed by atoms with Crippen molar-refractivity contribution in [2.24, 2.45) is 0 Å². The molecular formula is CH3ClMgO6S2. The van der Waals surface area contributed by atoms with Gasteiger partial charge in [0.2, 0.25) is 9.05 Å². The summed E-state index contributed by atoms with van der Waals surface area (Å²) in [5, 5.41) is 0. The van der Waals surface area contributed by atoms with Gasteiger partial charge in [0.15, 0.2) is 0 Å². The maximum atomic E-state index is 9.40. The fraction of sp³-hybridized carbons (Fsp3) is 1.00. The molecule has 0 heterocycles. The van der Waals surface area contributed by atoms with E-state index in [2.05, 4.69) is 10.7 Å². The van der Waals surface area contributed by atoms with E-state index in [9.17, 15) is 8.42 Å². The van der Waals surface area contributed by atoms with E-state index in [1.807, 2.05) is 0 Å². The van der Waals surface area contributed by atoms with Crippen molar-refractivity contribution >= 4 is 53.2 Å². The molecule has 6 nitrogen and oxygen atoms in total. The minimum absolute atomic E-state index is 0. The molecule has 0 aliphatic rings. The Bertz CT molecular complexity index is 217. The number of halogens is 1. The van der Waals surface area contributed by atoms with Gasteiger partial charge in [-0.3, -0.25) is 8.42 Å². The molecule has 0 saturated heterocycles. The van der Waals surface area contributed by atoms with Crippen molar-refractivity contribution < 1.29 is 25.9 Å². The van der Waals surface area contributed by atoms with E-state index in [1.54, 1.807) is 0 Å². The summed E-state index contributed by atoms with van der Waals surface area (Å²) in [5.41, 5.74) is 0. The van der Waals surface area contributed by atoms with Gasteiger partial charge in [-0.25, -0.2) is 8.42 Å². The van der Waals surface area contributed by atoms with Crippen LogP contribution >= 0.6 is 10.7 Å². The third kappa shape index (κ3) is 1120. The van der Waals surface area contributed by atoms with Gasteiger partial charge in [0.1, 0.15) is 0 Å². The first kappa shape index (κ1) is 17.8. The van der Waals surface area contributed by atoms with Crippen LogP contribution in [0.25, 0.3) is 0 Å². The number of rotatable bonds is 0. The topological polar surface area (TPSA) is 114 Å². The molecule has 0 radical (unpaired) electrons. The van der Waals surface area contributed by atoms with Crippen LogP contribution in [0.15, 0.2) is 0 Å². The third-order valence-electron chi connectivity index (χ3n) is 0. The molecule has 64 valence electrons. The molecule has 0 aromatic rings. The monoisotopic (exact) mass is 234 g/mol. The maximum absolute atomic E-state index is 9.40. The molecule has 0 spiro atoms. The Hall–Kier alpha value is 0.876. The first-order valence-corrected chi connectivity index (χ1v) is 5.61. The summed E-state index contributed by atoms with van der Waals surface area (Å²) in [5.74, 6) is 0. The zero-order chi connectivity index (χ0) is 9.00. The Morgan fingerprint density at radius 1 is 1.09 bits per heavy atom. The second-order valence-corrected chi connectivity index (χ2v) is 4.95. The average Bonchev–Trinajstić information content (AvgIpc) is 1.12. The van der Waals surface area contributed by atoms with Crippen LogP contribution in [0.5, 0.6) is 0 Å². The summed E-state index contributed by atoms with van der Waals surface area (Å²) in [4.78, 5) is 0. The molecule has 0 aromatic heterocycles. The molecule has 10 heteroatoms. The fourth-order valence-electron chi connectivity index (χ4n) is 0. The quantitative estimate of drug-likeness (QED) is 0.217. The normalized spacial score (nSPS) is 10.5. The van der Waals surface area contributed by atoms with E-state index in [0.717, 1.165) is 6.26 Å². The van der Waals surface area contributed by atoms with Gasteiger partial charge in [-0.1, -0.05) is 0 Å². The molecule has 0 bridgehead atoms. The van der Waals surface area contributed by atoms with E-state index in [0.29, 0.717) is 0 Å². The number of hydrogen-bond acceptors (Lipinski definition) is 6. The van der Waals surface area contributed by atoms with Crippen molar-refractivity contribution in [1.82, 2.24) is 0 Å². The first-order valence-electron chi connectivity index (χ1n) is 1.56. The summed E-state index contributed by atoms with van der Waals surface area (Å²) in [6.45, 7) is 0. The van der Waals surface area contributed by atoms with Crippen LogP contribution in [0.2, 0.25) is 0 Å². The Balaban J connectivity index is -0.000000107. The molecule has 0 aromatic carbocycles. The molecule has 0 aliphatic carbocycles. The standard InChI is InChI=1S/CH3ClO2S.Mg.H2O4S/c1-5(2,3)4;;1-5(2,3)4/h1H3;;(H2,1,2,3,4)/q;+2;/p-2. The molecule has 11 heavy (non-hydrogen) atoms. The van der Waals surface area contributed by atoms with Crippen LogP contribution in [-0.2, 0) is 19.4 Å². The van der Waals surface area contributed by atoms with E-state index in [1.165, 1.54) is 0 Å². The zero-order valence-electron chi connectivity index (χ0n) is 5.35. The van der Waals surface area contributed by atoms with Gasteiger partial charge in [-0.15, -0.1) is 0 Å². The first-order chi connectivity index (χ1) is 4.00. The van der Waals surface area contributed by atoms with Crippen LogP contribution in [0.3, 0.4) is 0 Å². The van der Waals surface area contributed by atoms with Gasteiger partial charge in [0.05, 0.1) is 6.26 Å². The van der Waals surface area contributed by atoms with E-state index >= 15 is 0 Å². The van der Waals surface area contributed by atoms with Gasteiger partial charge in [0.25, 0.3) is 0 Å². The van der Waals surface area contributed by atoms with Crippen LogP contribution in [-0.4, -0.2) is 55.2 Å². The van der Waals surface area contributed by atoms with Crippen LogP contribution in [0, 0.1) is 0 Å². The average molecular weight is 235 g/mol. The van der Waals surface area contributed by atoms with Crippen molar-refractivity contribution in [2.75, 3.05) is 6.26 Å². The minimum atomic E-state index is -5.17. The summed E-state index contributed by atoms with van der Waals surface area (Å²) in [7, 11) is -3.86. The van der Waals surface area contributed by atoms with Gasteiger partial charge < -0.3 is 9.11 Å². The molecule has 0 fully saturated rings. The van der Waals surface area contributed by atoms with Gasteiger partial charge in [0, 0.05) is 21.1 Å². The molecule has 0 N–H and O–H groups in total. The summed E-state index contributed by atoms with van der Waals surface area (Å²) >= 11 is 0. The molecule has 0 atom stereocenters. The second-order valence-electron chi connectivity index (χ2n) is 1.09. The Labute approximate surface area is 85.1 Å². The second kappa shape index (κ2) is 6.40. The largest absolute Gasteiger partial charge is 2.00 e. The van der Waals surface area contributed by atoms with E-state index in [4.69, 9.17) is 17.5 Å². The predicted molar refractivity (Wildman–Crippen MR) is 36.9 cm³/mol. The van der Waals surface area contributed by atoms with Gasteiger partial charge in [-0.2, -0.15) is 0 Å². The summed E-state index contributed by atoms with van der Waals surface area (Å²) in [6, 6.07) is 0. The van der Waals surface area contributed by atoms with E-state index in [-0.39, 0.29) is 23.1 Å². The van der Waals surface area contributed by atoms with Gasteiger partial charge >= 0.3 is 23.1 Å². The molecular weight excluding hydrogens is 232 g/mol. The van der Waals surface area contributed by atoms with Crippen molar-refractivity contribution in [3.8, 4) is 0 Å². The van der Waals surface area contributed by atoms with Crippen molar-refractivity contribution in [3.63, 3.8) is 0 Å². The molecule has 0 unspecified atom stereocenters. The van der Waals surface area contributed by atoms with Crippen molar-refractivity contribution in [1.29, 1.82) is 0 Å². The van der Waals surface area contributed by atoms with Crippen LogP contribution in [0.1, 0.15) is 0 Å². The Morgan fingerprint density at radius 2 is 1.09 bits per heavy atom. The smallest absolute Gasteiger partial charge is 0.759 e. The third-order valence-corrected chi connectivity index (χ3v) is 0. The van der Waals surface area contributed by atoms with Gasteiger partial charge in [-0.05, 0) is 0 Å². The predicted octanol–water partition coefficient (Wildman–Crippen LogP) is -1.53. The van der Waals surface area contributed by atoms with E-state index < -0.39 is 19.4 Å². The Kier molecular flexibility index (Phi) is 10.4. The SMILES string of the molecule is CS(=O)(=O)Cl.O=S(=O)([O-])[O-].[Mg+2]. The zero-order valence-corrected chi connectivity index (χ0v) is 9.15. The summed E-state index contributed by atoms with van der Waals surface area (Å²) < 4.78 is 52.9. The Morgan fingerprint density at radius 3 is 1.09 bits per heavy atom. The minimum Gasteiger partial charge on any atom is -0.759 e. The molecule has 0 rings (SSSR count). The van der Waals surface area contributed by atoms with Crippen molar-refractivity contribution in [3.05, 3.63) is 0 Å². The van der Waals surface area contributed by atoms with Crippen LogP contribution in [0.4, 0.5) is 0 Å². The summed E-state index contributed by atoms with van der Waals surface area (Å²) in [6.07, 6.45) is 0.925. The molecule has 0 aliphatic heterocycles. The molecule has 0 saturated carbocycles. The van der Waals surface area contributed by atoms with Crippen LogP contribution < -0.4 is 0 Å².